The lowest BCUT2D eigenvalue weighted by molar-refractivity contribution is 0.679. The lowest BCUT2D eigenvalue weighted by Gasteiger charge is -1.88. The average molecular weight is 138 g/mol. The van der Waals surface area contributed by atoms with Gasteiger partial charge in [0.25, 0.3) is 0 Å². The summed E-state index contributed by atoms with van der Waals surface area (Å²) in [5.41, 5.74) is 6.37. The van der Waals surface area contributed by atoms with Gasteiger partial charge in [-0.25, -0.2) is 4.68 Å². The number of hydrogen-bond acceptors (Lipinski definition) is 3. The summed E-state index contributed by atoms with van der Waals surface area (Å²) in [4.78, 5) is 0. The van der Waals surface area contributed by atoms with E-state index in [2.05, 4.69) is 10.4 Å². The molecule has 0 bridgehead atoms. The van der Waals surface area contributed by atoms with Crippen molar-refractivity contribution in [2.24, 2.45) is 5.73 Å². The minimum atomic E-state index is 0.529. The monoisotopic (exact) mass is 138 g/mol. The zero-order valence-electron chi connectivity index (χ0n) is 5.67. The normalized spacial score (nSPS) is 14.9. The Balaban J connectivity index is 2.37. The van der Waals surface area contributed by atoms with E-state index in [1.54, 1.807) is 0 Å². The Labute approximate surface area is 59.0 Å². The van der Waals surface area contributed by atoms with E-state index in [0.29, 0.717) is 6.54 Å². The molecule has 0 spiro atoms. The second kappa shape index (κ2) is 1.98. The van der Waals surface area contributed by atoms with Crippen LogP contribution in [0.5, 0.6) is 0 Å². The van der Waals surface area contributed by atoms with Crippen LogP contribution in [0.2, 0.25) is 0 Å². The number of nitrogens with two attached hydrogens (primary N) is 1. The predicted octanol–water partition coefficient (Wildman–Crippen LogP) is -0.233. The largest absolute Gasteiger partial charge is 0.368 e. The molecule has 10 heavy (non-hydrogen) atoms. The van der Waals surface area contributed by atoms with Crippen molar-refractivity contribution >= 4 is 5.82 Å². The molecule has 1 aromatic heterocycles. The van der Waals surface area contributed by atoms with E-state index in [1.165, 1.54) is 0 Å². The fourth-order valence-electron chi connectivity index (χ4n) is 1.17. The fourth-order valence-corrected chi connectivity index (χ4v) is 1.17. The molecule has 4 nitrogen and oxygen atoms in total. The summed E-state index contributed by atoms with van der Waals surface area (Å²) in [6.07, 6.45) is 0. The number of rotatable bonds is 1. The average Bonchev–Trinajstić information content (AvgIpc) is 2.42. The van der Waals surface area contributed by atoms with Crippen molar-refractivity contribution in [3.05, 3.63) is 11.8 Å². The van der Waals surface area contributed by atoms with Crippen molar-refractivity contribution < 1.29 is 0 Å². The molecule has 2 heterocycles. The molecule has 54 valence electrons. The van der Waals surface area contributed by atoms with E-state index >= 15 is 0 Å². The molecule has 0 atom stereocenters. The van der Waals surface area contributed by atoms with E-state index in [0.717, 1.165) is 24.6 Å². The van der Waals surface area contributed by atoms with Crippen LogP contribution in [0.3, 0.4) is 0 Å². The van der Waals surface area contributed by atoms with Gasteiger partial charge in [0.15, 0.2) is 0 Å². The summed E-state index contributed by atoms with van der Waals surface area (Å²) >= 11 is 0. The Hall–Kier alpha value is -1.03. The fraction of sp³-hybridized carbons (Fsp3) is 0.500. The second-order valence-electron chi connectivity index (χ2n) is 2.37. The molecule has 0 fully saturated rings. The Bertz CT molecular complexity index is 218. The van der Waals surface area contributed by atoms with Gasteiger partial charge in [0.1, 0.15) is 5.82 Å². The van der Waals surface area contributed by atoms with Crippen molar-refractivity contribution in [1.29, 1.82) is 0 Å². The van der Waals surface area contributed by atoms with Gasteiger partial charge in [-0.05, 0) is 0 Å². The quantitative estimate of drug-likeness (QED) is 0.563. The van der Waals surface area contributed by atoms with Crippen LogP contribution in [0, 0.1) is 0 Å². The number of nitrogens with zero attached hydrogens (tertiary/aromatic N) is 2. The lowest BCUT2D eigenvalue weighted by Crippen LogP contribution is -2.01. The van der Waals surface area contributed by atoms with Crippen molar-refractivity contribution in [3.63, 3.8) is 0 Å². The van der Waals surface area contributed by atoms with Crippen molar-refractivity contribution in [1.82, 2.24) is 9.78 Å². The first-order valence-corrected chi connectivity index (χ1v) is 3.41. The molecule has 0 saturated carbocycles. The van der Waals surface area contributed by atoms with Crippen molar-refractivity contribution in [2.45, 2.75) is 13.1 Å². The van der Waals surface area contributed by atoms with Gasteiger partial charge >= 0.3 is 0 Å². The van der Waals surface area contributed by atoms with E-state index < -0.39 is 0 Å². The van der Waals surface area contributed by atoms with E-state index in [9.17, 15) is 0 Å². The minimum absolute atomic E-state index is 0.529. The summed E-state index contributed by atoms with van der Waals surface area (Å²) < 4.78 is 1.95. The first-order valence-electron chi connectivity index (χ1n) is 3.41. The van der Waals surface area contributed by atoms with Gasteiger partial charge in [-0.2, -0.15) is 5.10 Å². The molecular formula is C6H10N4. The Morgan fingerprint density at radius 1 is 1.80 bits per heavy atom. The minimum Gasteiger partial charge on any atom is -0.368 e. The van der Waals surface area contributed by atoms with Crippen LogP contribution in [0.1, 0.15) is 5.69 Å². The number of nitrogens with one attached hydrogen (secondary N) is 1. The van der Waals surface area contributed by atoms with Crippen LogP contribution in [0.15, 0.2) is 6.07 Å². The molecule has 1 aliphatic heterocycles. The lowest BCUT2D eigenvalue weighted by atomic mass is 10.4. The van der Waals surface area contributed by atoms with Crippen LogP contribution in [-0.4, -0.2) is 16.3 Å². The van der Waals surface area contributed by atoms with Gasteiger partial charge in [0.05, 0.1) is 12.2 Å². The highest BCUT2D eigenvalue weighted by Gasteiger charge is 2.10. The molecule has 0 aromatic carbocycles. The smallest absolute Gasteiger partial charge is 0.124 e. The van der Waals surface area contributed by atoms with Gasteiger partial charge in [0.2, 0.25) is 0 Å². The second-order valence-corrected chi connectivity index (χ2v) is 2.37. The summed E-state index contributed by atoms with van der Waals surface area (Å²) in [5.74, 6) is 1.10. The first-order chi connectivity index (χ1) is 4.90. The predicted molar refractivity (Wildman–Crippen MR) is 38.6 cm³/mol. The summed E-state index contributed by atoms with van der Waals surface area (Å²) in [6, 6.07) is 1.99. The maximum Gasteiger partial charge on any atom is 0.124 e. The Morgan fingerprint density at radius 2 is 2.70 bits per heavy atom. The van der Waals surface area contributed by atoms with Gasteiger partial charge < -0.3 is 11.1 Å². The summed E-state index contributed by atoms with van der Waals surface area (Å²) in [7, 11) is 0. The van der Waals surface area contributed by atoms with Crippen LogP contribution in [0.25, 0.3) is 0 Å². The standard InChI is InChI=1S/C6H10N4/c7-4-5-3-6-8-1-2-10(6)9-5/h3,8H,1-2,4,7H2. The zero-order chi connectivity index (χ0) is 6.97. The Morgan fingerprint density at radius 3 is 3.40 bits per heavy atom. The number of aromatic nitrogens is 2. The molecule has 0 unspecified atom stereocenters. The first kappa shape index (κ1) is 5.73. The zero-order valence-corrected chi connectivity index (χ0v) is 5.67. The van der Waals surface area contributed by atoms with Gasteiger partial charge in [-0.15, -0.1) is 0 Å². The molecule has 0 saturated heterocycles. The molecule has 3 N–H and O–H groups in total. The van der Waals surface area contributed by atoms with Crippen molar-refractivity contribution in [3.8, 4) is 0 Å². The molecular weight excluding hydrogens is 128 g/mol. The summed E-state index contributed by atoms with van der Waals surface area (Å²) in [5, 5.41) is 7.44. The third-order valence-corrected chi connectivity index (χ3v) is 1.67. The van der Waals surface area contributed by atoms with Gasteiger partial charge in [-0.3, -0.25) is 0 Å². The van der Waals surface area contributed by atoms with Crippen LogP contribution in [-0.2, 0) is 13.1 Å². The summed E-state index contributed by atoms with van der Waals surface area (Å²) in [6.45, 7) is 2.49. The molecule has 1 aromatic rings. The highest BCUT2D eigenvalue weighted by molar-refractivity contribution is 5.39. The number of hydrogen-bond donors (Lipinski definition) is 2. The number of anilines is 1. The van der Waals surface area contributed by atoms with E-state index in [-0.39, 0.29) is 0 Å². The Kier molecular flexibility index (Phi) is 1.14. The van der Waals surface area contributed by atoms with Crippen LogP contribution >= 0.6 is 0 Å². The third-order valence-electron chi connectivity index (χ3n) is 1.67. The van der Waals surface area contributed by atoms with Gasteiger partial charge in [-0.1, -0.05) is 0 Å². The highest BCUT2D eigenvalue weighted by Crippen LogP contribution is 2.14. The van der Waals surface area contributed by atoms with Crippen molar-refractivity contribution in [2.75, 3.05) is 11.9 Å². The molecule has 0 amide bonds. The molecule has 0 radical (unpaired) electrons. The van der Waals surface area contributed by atoms with E-state index in [4.69, 9.17) is 5.73 Å². The third kappa shape index (κ3) is 0.690. The van der Waals surface area contributed by atoms with Crippen LogP contribution in [0.4, 0.5) is 5.82 Å². The molecule has 4 heteroatoms. The highest BCUT2D eigenvalue weighted by atomic mass is 15.4. The maximum absolute atomic E-state index is 5.41. The molecule has 1 aliphatic rings. The van der Waals surface area contributed by atoms with E-state index in [1.807, 2.05) is 10.7 Å². The van der Waals surface area contributed by atoms with Gasteiger partial charge in [0, 0.05) is 19.2 Å². The number of fused-ring (bicyclic) bond motifs is 1. The van der Waals surface area contributed by atoms with Crippen LogP contribution < -0.4 is 11.1 Å². The topological polar surface area (TPSA) is 55.9 Å². The molecule has 0 aliphatic carbocycles. The molecule has 2 rings (SSSR count). The maximum atomic E-state index is 5.41. The SMILES string of the molecule is NCc1cc2n(n1)CCN2.